The van der Waals surface area contributed by atoms with Gasteiger partial charge in [0.2, 0.25) is 0 Å². The SMILES string of the molecule is CCC(C)Cn1cc[n+](Cc2c(Cl)cccc2Cl)c1C(C)C. The minimum Gasteiger partial charge on any atom is -0.234 e. The van der Waals surface area contributed by atoms with Gasteiger partial charge in [-0.3, -0.25) is 0 Å². The summed E-state index contributed by atoms with van der Waals surface area (Å²) >= 11 is 12.6. The van der Waals surface area contributed by atoms with Crippen molar-refractivity contribution >= 4 is 23.2 Å². The number of hydrogen-bond acceptors (Lipinski definition) is 0. The highest BCUT2D eigenvalue weighted by Gasteiger charge is 2.23. The molecule has 0 aliphatic rings. The Morgan fingerprint density at radius 2 is 1.77 bits per heavy atom. The van der Waals surface area contributed by atoms with Crippen LogP contribution in [0.3, 0.4) is 0 Å². The lowest BCUT2D eigenvalue weighted by molar-refractivity contribution is -0.696. The number of rotatable bonds is 6. The minimum atomic E-state index is 0.445. The lowest BCUT2D eigenvalue weighted by atomic mass is 10.1. The fraction of sp³-hybridized carbons (Fsp3) is 0.500. The normalized spacial score (nSPS) is 12.9. The summed E-state index contributed by atoms with van der Waals surface area (Å²) in [5.41, 5.74) is 0.985. The summed E-state index contributed by atoms with van der Waals surface area (Å²) in [5, 5.41) is 1.45. The third-order valence-corrected chi connectivity index (χ3v) is 4.84. The zero-order valence-electron chi connectivity index (χ0n) is 13.8. The monoisotopic (exact) mass is 339 g/mol. The Kier molecular flexibility index (Phi) is 5.94. The number of hydrogen-bond donors (Lipinski definition) is 0. The van der Waals surface area contributed by atoms with Crippen LogP contribution in [0.15, 0.2) is 30.6 Å². The number of aromatic nitrogens is 2. The van der Waals surface area contributed by atoms with Gasteiger partial charge in [-0.2, -0.15) is 0 Å². The Hall–Kier alpha value is -0.990. The molecule has 1 atom stereocenters. The summed E-state index contributed by atoms with van der Waals surface area (Å²) in [7, 11) is 0. The zero-order valence-corrected chi connectivity index (χ0v) is 15.3. The molecule has 0 saturated heterocycles. The average molecular weight is 340 g/mol. The van der Waals surface area contributed by atoms with Gasteiger partial charge in [0.1, 0.15) is 18.9 Å². The topological polar surface area (TPSA) is 8.81 Å². The van der Waals surface area contributed by atoms with Crippen LogP contribution in [-0.2, 0) is 13.1 Å². The van der Waals surface area contributed by atoms with Gasteiger partial charge < -0.3 is 0 Å². The minimum absolute atomic E-state index is 0.445. The van der Waals surface area contributed by atoms with Crippen molar-refractivity contribution in [2.75, 3.05) is 0 Å². The fourth-order valence-corrected chi connectivity index (χ4v) is 3.27. The van der Waals surface area contributed by atoms with Crippen molar-refractivity contribution in [2.45, 2.75) is 53.1 Å². The van der Waals surface area contributed by atoms with Crippen LogP contribution in [0.1, 0.15) is 51.4 Å². The summed E-state index contributed by atoms with van der Waals surface area (Å²) in [6, 6.07) is 5.68. The van der Waals surface area contributed by atoms with Gasteiger partial charge >= 0.3 is 0 Å². The number of imidazole rings is 1. The highest BCUT2D eigenvalue weighted by Crippen LogP contribution is 2.24. The molecule has 2 rings (SSSR count). The smallest absolute Gasteiger partial charge is 0.234 e. The van der Waals surface area contributed by atoms with Gasteiger partial charge in [0.15, 0.2) is 0 Å². The lowest BCUT2D eigenvalue weighted by Gasteiger charge is -2.12. The number of nitrogens with zero attached hydrogens (tertiary/aromatic N) is 2. The van der Waals surface area contributed by atoms with Crippen LogP contribution in [-0.4, -0.2) is 4.57 Å². The Bertz CT molecular complexity index is 612. The molecule has 2 nitrogen and oxygen atoms in total. The van der Waals surface area contributed by atoms with Crippen LogP contribution >= 0.6 is 23.2 Å². The third kappa shape index (κ3) is 3.85. The van der Waals surface area contributed by atoms with Crippen molar-refractivity contribution in [2.24, 2.45) is 5.92 Å². The van der Waals surface area contributed by atoms with Crippen molar-refractivity contribution < 1.29 is 4.57 Å². The van der Waals surface area contributed by atoms with E-state index in [1.807, 2.05) is 18.2 Å². The second-order valence-electron chi connectivity index (χ2n) is 6.30. The molecule has 1 aromatic carbocycles. The van der Waals surface area contributed by atoms with Gasteiger partial charge in [0.25, 0.3) is 5.82 Å². The molecule has 1 aromatic heterocycles. The highest BCUT2D eigenvalue weighted by molar-refractivity contribution is 6.35. The number of halogens is 2. The molecule has 0 bridgehead atoms. The quantitative estimate of drug-likeness (QED) is 0.631. The molecule has 0 radical (unpaired) electrons. The summed E-state index contributed by atoms with van der Waals surface area (Å²) < 4.78 is 4.63. The molecule has 22 heavy (non-hydrogen) atoms. The van der Waals surface area contributed by atoms with Gasteiger partial charge in [-0.25, -0.2) is 9.13 Å². The Morgan fingerprint density at radius 1 is 1.14 bits per heavy atom. The van der Waals surface area contributed by atoms with Gasteiger partial charge in [-0.1, -0.05) is 57.0 Å². The van der Waals surface area contributed by atoms with Crippen molar-refractivity contribution in [3.05, 3.63) is 52.0 Å². The van der Waals surface area contributed by atoms with Crippen molar-refractivity contribution in [1.82, 2.24) is 4.57 Å². The van der Waals surface area contributed by atoms with E-state index in [0.717, 1.165) is 22.2 Å². The predicted octanol–water partition coefficient (Wildman–Crippen LogP) is 5.30. The molecule has 2 aromatic rings. The van der Waals surface area contributed by atoms with Crippen molar-refractivity contribution in [3.8, 4) is 0 Å². The van der Waals surface area contributed by atoms with E-state index >= 15 is 0 Å². The predicted molar refractivity (Wildman–Crippen MR) is 93.7 cm³/mol. The van der Waals surface area contributed by atoms with E-state index in [0.29, 0.717) is 18.4 Å². The van der Waals surface area contributed by atoms with Crippen LogP contribution in [0.4, 0.5) is 0 Å². The van der Waals surface area contributed by atoms with Crippen LogP contribution in [0.2, 0.25) is 10.0 Å². The molecule has 1 unspecified atom stereocenters. The fourth-order valence-electron chi connectivity index (χ4n) is 2.75. The molecule has 0 N–H and O–H groups in total. The van der Waals surface area contributed by atoms with Gasteiger partial charge in [0.05, 0.1) is 12.5 Å². The molecular weight excluding hydrogens is 315 g/mol. The maximum absolute atomic E-state index is 6.32. The summed E-state index contributed by atoms with van der Waals surface area (Å²) in [6.07, 6.45) is 5.50. The van der Waals surface area contributed by atoms with Gasteiger partial charge in [-0.15, -0.1) is 0 Å². The van der Waals surface area contributed by atoms with Crippen LogP contribution < -0.4 is 4.57 Å². The van der Waals surface area contributed by atoms with Crippen molar-refractivity contribution in [3.63, 3.8) is 0 Å². The summed E-state index contributed by atoms with van der Waals surface area (Å²) in [4.78, 5) is 0. The van der Waals surface area contributed by atoms with Crippen molar-refractivity contribution in [1.29, 1.82) is 0 Å². The molecular formula is C18H25Cl2N2+. The molecule has 4 heteroatoms. The second-order valence-corrected chi connectivity index (χ2v) is 7.12. The maximum atomic E-state index is 6.32. The highest BCUT2D eigenvalue weighted by atomic mass is 35.5. The molecule has 120 valence electrons. The average Bonchev–Trinajstić information content (AvgIpc) is 2.85. The molecule has 0 aliphatic heterocycles. The summed E-state index contributed by atoms with van der Waals surface area (Å²) in [5.74, 6) is 2.43. The van der Waals surface area contributed by atoms with Crippen LogP contribution in [0.5, 0.6) is 0 Å². The van der Waals surface area contributed by atoms with E-state index in [9.17, 15) is 0 Å². The first-order valence-corrected chi connectivity index (χ1v) is 8.71. The second kappa shape index (κ2) is 7.52. The molecule has 1 heterocycles. The Balaban J connectivity index is 2.35. The first kappa shape index (κ1) is 17.4. The standard InChI is InChI=1S/C18H25Cl2N2/c1-5-14(4)11-21-9-10-22(18(21)13(2)3)12-15-16(19)7-6-8-17(15)20/h6-10,13-14H,5,11-12H2,1-4H3/q+1. The van der Waals surface area contributed by atoms with E-state index in [1.165, 1.54) is 12.2 Å². The molecule has 0 spiro atoms. The zero-order chi connectivity index (χ0) is 16.3. The van der Waals surface area contributed by atoms with E-state index in [-0.39, 0.29) is 0 Å². The van der Waals surface area contributed by atoms with Crippen LogP contribution in [0, 0.1) is 5.92 Å². The van der Waals surface area contributed by atoms with E-state index < -0.39 is 0 Å². The van der Waals surface area contributed by atoms with E-state index in [1.54, 1.807) is 0 Å². The molecule has 0 fully saturated rings. The third-order valence-electron chi connectivity index (χ3n) is 4.13. The largest absolute Gasteiger partial charge is 0.259 e. The lowest BCUT2D eigenvalue weighted by Crippen LogP contribution is -2.39. The molecule has 0 saturated carbocycles. The van der Waals surface area contributed by atoms with E-state index in [4.69, 9.17) is 23.2 Å². The molecule has 0 amide bonds. The maximum Gasteiger partial charge on any atom is 0.259 e. The van der Waals surface area contributed by atoms with Crippen LogP contribution in [0.25, 0.3) is 0 Å². The Labute approximate surface area is 143 Å². The number of benzene rings is 1. The molecule has 0 aliphatic carbocycles. The first-order valence-electron chi connectivity index (χ1n) is 7.95. The first-order chi connectivity index (χ1) is 10.4. The van der Waals surface area contributed by atoms with Gasteiger partial charge in [0, 0.05) is 15.6 Å². The Morgan fingerprint density at radius 3 is 2.32 bits per heavy atom. The van der Waals surface area contributed by atoms with E-state index in [2.05, 4.69) is 49.2 Å². The van der Waals surface area contributed by atoms with Gasteiger partial charge in [-0.05, 0) is 24.5 Å². The summed E-state index contributed by atoms with van der Waals surface area (Å²) in [6.45, 7) is 10.7.